The number of nitrogens with one attached hydrogen (secondary N) is 2. The molecule has 2 N–H and O–H groups in total. The van der Waals surface area contributed by atoms with Gasteiger partial charge in [-0.2, -0.15) is 0 Å². The molecule has 1 heterocycles. The summed E-state index contributed by atoms with van der Waals surface area (Å²) in [6.07, 6.45) is 2.77. The van der Waals surface area contributed by atoms with Crippen LogP contribution < -0.4 is 10.6 Å². The van der Waals surface area contributed by atoms with Gasteiger partial charge in [-0.3, -0.25) is 0 Å². The van der Waals surface area contributed by atoms with Crippen molar-refractivity contribution in [1.82, 2.24) is 15.6 Å². The first-order chi connectivity index (χ1) is 10.7. The van der Waals surface area contributed by atoms with E-state index in [4.69, 9.17) is 0 Å². The molecule has 0 aliphatic rings. The number of nitrogens with zero attached hydrogens (tertiary/aromatic N) is 2. The highest BCUT2D eigenvalue weighted by atomic mass is 32.1. The molecular formula is C16H21FN4S. The van der Waals surface area contributed by atoms with Gasteiger partial charge >= 0.3 is 0 Å². The molecule has 0 fully saturated rings. The van der Waals surface area contributed by atoms with Crippen LogP contribution in [0.2, 0.25) is 0 Å². The van der Waals surface area contributed by atoms with Crippen LogP contribution >= 0.6 is 11.3 Å². The Morgan fingerprint density at radius 3 is 2.68 bits per heavy atom. The van der Waals surface area contributed by atoms with Crippen LogP contribution in [0.15, 0.2) is 35.5 Å². The van der Waals surface area contributed by atoms with E-state index in [0.717, 1.165) is 36.0 Å². The number of benzene rings is 1. The molecular weight excluding hydrogens is 299 g/mol. The smallest absolute Gasteiger partial charge is 0.191 e. The van der Waals surface area contributed by atoms with Crippen LogP contribution in [-0.2, 0) is 13.0 Å². The minimum Gasteiger partial charge on any atom is -0.357 e. The van der Waals surface area contributed by atoms with Gasteiger partial charge in [0.25, 0.3) is 0 Å². The van der Waals surface area contributed by atoms with Gasteiger partial charge in [-0.25, -0.2) is 14.4 Å². The van der Waals surface area contributed by atoms with Gasteiger partial charge in [0.15, 0.2) is 5.96 Å². The topological polar surface area (TPSA) is 49.3 Å². The molecule has 0 atom stereocenters. The highest BCUT2D eigenvalue weighted by Gasteiger charge is 2.01. The molecule has 6 heteroatoms. The molecule has 0 saturated heterocycles. The summed E-state index contributed by atoms with van der Waals surface area (Å²) in [5.41, 5.74) is 0.981. The summed E-state index contributed by atoms with van der Waals surface area (Å²) in [4.78, 5) is 10.1. The molecule has 0 amide bonds. The number of aromatic nitrogens is 1. The van der Waals surface area contributed by atoms with E-state index >= 15 is 0 Å². The molecule has 0 spiro atoms. The molecule has 0 bridgehead atoms. The van der Waals surface area contributed by atoms with Gasteiger partial charge in [0.1, 0.15) is 5.82 Å². The van der Waals surface area contributed by atoms with E-state index in [1.807, 2.05) is 13.1 Å². The maximum Gasteiger partial charge on any atom is 0.191 e. The predicted octanol–water partition coefficient (Wildman–Crippen LogP) is 2.89. The quantitative estimate of drug-likeness (QED) is 0.635. The van der Waals surface area contributed by atoms with Gasteiger partial charge in [0.05, 0.1) is 11.6 Å². The van der Waals surface area contributed by atoms with Gasteiger partial charge in [0, 0.05) is 30.6 Å². The van der Waals surface area contributed by atoms with Crippen molar-refractivity contribution in [3.8, 4) is 0 Å². The second kappa shape index (κ2) is 8.48. The number of aryl methyl sites for hydroxylation is 1. The van der Waals surface area contributed by atoms with E-state index in [1.54, 1.807) is 23.5 Å². The molecule has 0 unspecified atom stereocenters. The van der Waals surface area contributed by atoms with Crippen molar-refractivity contribution in [3.05, 3.63) is 51.7 Å². The molecule has 0 aliphatic carbocycles. The van der Waals surface area contributed by atoms with Gasteiger partial charge in [-0.1, -0.05) is 12.1 Å². The van der Waals surface area contributed by atoms with Crippen LogP contribution in [-0.4, -0.2) is 24.0 Å². The average Bonchev–Trinajstić information content (AvgIpc) is 2.92. The summed E-state index contributed by atoms with van der Waals surface area (Å²) < 4.78 is 12.9. The van der Waals surface area contributed by atoms with Crippen LogP contribution in [0, 0.1) is 12.7 Å². The van der Waals surface area contributed by atoms with Gasteiger partial charge < -0.3 is 10.6 Å². The summed E-state index contributed by atoms with van der Waals surface area (Å²) in [6, 6.07) is 6.41. The molecule has 0 saturated carbocycles. The third-order valence-electron chi connectivity index (χ3n) is 2.98. The lowest BCUT2D eigenvalue weighted by atomic mass is 10.2. The Labute approximate surface area is 134 Å². The zero-order valence-electron chi connectivity index (χ0n) is 12.9. The Balaban J connectivity index is 1.85. The lowest BCUT2D eigenvalue weighted by molar-refractivity contribution is 0.627. The molecule has 1 aromatic heterocycles. The fraction of sp³-hybridized carbons (Fsp3) is 0.375. The Bertz CT molecular complexity index is 607. The molecule has 22 heavy (non-hydrogen) atoms. The van der Waals surface area contributed by atoms with E-state index in [-0.39, 0.29) is 5.82 Å². The summed E-state index contributed by atoms with van der Waals surface area (Å²) in [6.45, 7) is 6.18. The molecule has 2 aromatic rings. The van der Waals surface area contributed by atoms with E-state index in [9.17, 15) is 4.39 Å². The molecule has 4 nitrogen and oxygen atoms in total. The van der Waals surface area contributed by atoms with Crippen LogP contribution in [0.5, 0.6) is 0 Å². The fourth-order valence-corrected chi connectivity index (χ4v) is 2.69. The third-order valence-corrected chi connectivity index (χ3v) is 3.95. The zero-order valence-corrected chi connectivity index (χ0v) is 13.7. The number of guanidine groups is 1. The fourth-order valence-electron chi connectivity index (χ4n) is 1.91. The van der Waals surface area contributed by atoms with Crippen LogP contribution in [0.4, 0.5) is 4.39 Å². The number of halogens is 1. The van der Waals surface area contributed by atoms with Crippen molar-refractivity contribution >= 4 is 17.3 Å². The summed E-state index contributed by atoms with van der Waals surface area (Å²) >= 11 is 1.72. The number of hydrogen-bond acceptors (Lipinski definition) is 3. The molecule has 2 rings (SSSR count). The van der Waals surface area contributed by atoms with Crippen molar-refractivity contribution in [2.75, 3.05) is 13.1 Å². The lowest BCUT2D eigenvalue weighted by Crippen LogP contribution is -2.38. The Kier molecular flexibility index (Phi) is 6.33. The maximum absolute atomic E-state index is 12.9. The van der Waals surface area contributed by atoms with E-state index in [0.29, 0.717) is 6.54 Å². The van der Waals surface area contributed by atoms with Gasteiger partial charge in [0.2, 0.25) is 0 Å². The van der Waals surface area contributed by atoms with Crippen LogP contribution in [0.3, 0.4) is 0 Å². The number of thiazole rings is 1. The van der Waals surface area contributed by atoms with Crippen LogP contribution in [0.25, 0.3) is 0 Å². The summed E-state index contributed by atoms with van der Waals surface area (Å²) in [5, 5.41) is 7.62. The standard InChI is InChI=1S/C16H21FN4S/c1-3-18-16(19-9-8-15-20-10-12(2)22-15)21-11-13-4-6-14(17)7-5-13/h4-7,10H,3,8-9,11H2,1-2H3,(H2,18,19,21). The van der Waals surface area contributed by atoms with Crippen molar-refractivity contribution in [2.45, 2.75) is 26.8 Å². The molecule has 0 radical (unpaired) electrons. The average molecular weight is 320 g/mol. The first-order valence-corrected chi connectivity index (χ1v) is 8.17. The van der Waals surface area contributed by atoms with E-state index in [1.165, 1.54) is 17.0 Å². The monoisotopic (exact) mass is 320 g/mol. The highest BCUT2D eigenvalue weighted by molar-refractivity contribution is 7.11. The second-order valence-corrected chi connectivity index (χ2v) is 6.18. The largest absolute Gasteiger partial charge is 0.357 e. The number of rotatable bonds is 6. The minimum absolute atomic E-state index is 0.225. The predicted molar refractivity (Wildman–Crippen MR) is 89.8 cm³/mol. The summed E-state index contributed by atoms with van der Waals surface area (Å²) in [5.74, 6) is 0.539. The van der Waals surface area contributed by atoms with E-state index < -0.39 is 0 Å². The lowest BCUT2D eigenvalue weighted by Gasteiger charge is -2.10. The molecule has 0 aliphatic heterocycles. The van der Waals surface area contributed by atoms with Crippen molar-refractivity contribution in [2.24, 2.45) is 4.99 Å². The second-order valence-electron chi connectivity index (χ2n) is 4.86. The number of hydrogen-bond donors (Lipinski definition) is 2. The van der Waals surface area contributed by atoms with Crippen LogP contribution in [0.1, 0.15) is 22.4 Å². The van der Waals surface area contributed by atoms with Crippen molar-refractivity contribution in [3.63, 3.8) is 0 Å². The Morgan fingerprint density at radius 1 is 1.27 bits per heavy atom. The maximum atomic E-state index is 12.9. The molecule has 1 aromatic carbocycles. The number of aliphatic imine (C=N–C) groups is 1. The minimum atomic E-state index is -0.225. The van der Waals surface area contributed by atoms with Gasteiger partial charge in [-0.15, -0.1) is 11.3 Å². The van der Waals surface area contributed by atoms with E-state index in [2.05, 4.69) is 27.5 Å². The summed E-state index contributed by atoms with van der Waals surface area (Å²) in [7, 11) is 0. The zero-order chi connectivity index (χ0) is 15.8. The SMILES string of the molecule is CCNC(=NCc1ccc(F)cc1)NCCc1ncc(C)s1. The third kappa shape index (κ3) is 5.44. The molecule has 118 valence electrons. The van der Waals surface area contributed by atoms with Gasteiger partial charge in [-0.05, 0) is 31.5 Å². The Hall–Kier alpha value is -1.95. The first-order valence-electron chi connectivity index (χ1n) is 7.35. The Morgan fingerprint density at radius 2 is 2.05 bits per heavy atom. The van der Waals surface area contributed by atoms with Crippen molar-refractivity contribution in [1.29, 1.82) is 0 Å². The van der Waals surface area contributed by atoms with Crippen molar-refractivity contribution < 1.29 is 4.39 Å². The highest BCUT2D eigenvalue weighted by Crippen LogP contribution is 2.10. The first kappa shape index (κ1) is 16.4. The normalized spacial score (nSPS) is 11.5.